The summed E-state index contributed by atoms with van der Waals surface area (Å²) in [4.78, 5) is 47.5. The maximum Gasteiger partial charge on any atom is 0.408 e. The van der Waals surface area contributed by atoms with Gasteiger partial charge in [0.1, 0.15) is 18.2 Å². The standard InChI is InChI=1S/C23H35N3O6/c1-17(27)24-14-9-8-12-19(26-22(30)32-23(2,3)4)21(29)25-15-13-20(28)31-16-18-10-6-5-7-11-18/h5-7,10-11,19H,8-9,12-16H2,1-4H3,(H,24,27)(H,25,29)(H,26,30)/t19-/m0/s1. The Kier molecular flexibility index (Phi) is 11.8. The van der Waals surface area contributed by atoms with Crippen LogP contribution >= 0.6 is 0 Å². The average molecular weight is 450 g/mol. The Morgan fingerprint density at radius 1 is 0.969 bits per heavy atom. The summed E-state index contributed by atoms with van der Waals surface area (Å²) in [5.74, 6) is -0.960. The van der Waals surface area contributed by atoms with Crippen molar-refractivity contribution in [2.45, 2.75) is 71.6 Å². The number of carbonyl (C=O) groups is 4. The van der Waals surface area contributed by atoms with E-state index in [0.29, 0.717) is 25.8 Å². The third-order valence-electron chi connectivity index (χ3n) is 4.17. The highest BCUT2D eigenvalue weighted by Gasteiger charge is 2.24. The minimum absolute atomic E-state index is 0.0141. The Morgan fingerprint density at radius 3 is 2.28 bits per heavy atom. The van der Waals surface area contributed by atoms with Gasteiger partial charge in [0.15, 0.2) is 0 Å². The predicted octanol–water partition coefficient (Wildman–Crippen LogP) is 2.44. The number of nitrogens with one attached hydrogen (secondary N) is 3. The van der Waals surface area contributed by atoms with Gasteiger partial charge in [-0.25, -0.2) is 4.79 Å². The normalized spacial score (nSPS) is 11.8. The van der Waals surface area contributed by atoms with Crippen LogP contribution in [0.2, 0.25) is 0 Å². The smallest absolute Gasteiger partial charge is 0.408 e. The Hall–Kier alpha value is -3.10. The van der Waals surface area contributed by atoms with Crippen molar-refractivity contribution in [3.63, 3.8) is 0 Å². The summed E-state index contributed by atoms with van der Waals surface area (Å²) in [5.41, 5.74) is 0.185. The summed E-state index contributed by atoms with van der Waals surface area (Å²) in [5, 5.41) is 7.93. The van der Waals surface area contributed by atoms with Gasteiger partial charge in [-0.3, -0.25) is 14.4 Å². The van der Waals surface area contributed by atoms with Crippen molar-refractivity contribution in [3.8, 4) is 0 Å². The minimum atomic E-state index is -0.817. The van der Waals surface area contributed by atoms with E-state index in [2.05, 4.69) is 16.0 Å². The minimum Gasteiger partial charge on any atom is -0.461 e. The highest BCUT2D eigenvalue weighted by Crippen LogP contribution is 2.08. The van der Waals surface area contributed by atoms with Gasteiger partial charge in [-0.15, -0.1) is 0 Å². The maximum absolute atomic E-state index is 12.6. The second-order valence-electron chi connectivity index (χ2n) is 8.36. The van der Waals surface area contributed by atoms with Crippen molar-refractivity contribution in [3.05, 3.63) is 35.9 Å². The lowest BCUT2D eigenvalue weighted by Crippen LogP contribution is -2.48. The number of carbonyl (C=O) groups excluding carboxylic acids is 4. The van der Waals surface area contributed by atoms with Crippen molar-refractivity contribution in [2.24, 2.45) is 0 Å². The van der Waals surface area contributed by atoms with Crippen LogP contribution < -0.4 is 16.0 Å². The Morgan fingerprint density at radius 2 is 1.66 bits per heavy atom. The van der Waals surface area contributed by atoms with Crippen LogP contribution in [0.5, 0.6) is 0 Å². The first-order chi connectivity index (χ1) is 15.1. The van der Waals surface area contributed by atoms with Crippen LogP contribution in [-0.4, -0.2) is 48.6 Å². The molecule has 0 aliphatic rings. The molecule has 178 valence electrons. The molecule has 0 aliphatic heterocycles. The van der Waals surface area contributed by atoms with Crippen molar-refractivity contribution in [1.29, 1.82) is 0 Å². The van der Waals surface area contributed by atoms with Crippen LogP contribution in [0, 0.1) is 0 Å². The number of benzene rings is 1. The first kappa shape index (κ1) is 26.9. The van der Waals surface area contributed by atoms with E-state index < -0.39 is 29.6 Å². The molecule has 0 saturated carbocycles. The van der Waals surface area contributed by atoms with Gasteiger partial charge in [0.2, 0.25) is 11.8 Å². The second kappa shape index (κ2) is 14.1. The monoisotopic (exact) mass is 449 g/mol. The lowest BCUT2D eigenvalue weighted by molar-refractivity contribution is -0.144. The van der Waals surface area contributed by atoms with Gasteiger partial charge in [0, 0.05) is 20.0 Å². The molecule has 0 aromatic heterocycles. The molecule has 0 unspecified atom stereocenters. The summed E-state index contributed by atoms with van der Waals surface area (Å²) in [6, 6.07) is 8.49. The molecule has 1 rings (SSSR count). The van der Waals surface area contributed by atoms with E-state index in [-0.39, 0.29) is 25.5 Å². The van der Waals surface area contributed by atoms with Crippen LogP contribution in [0.25, 0.3) is 0 Å². The highest BCUT2D eigenvalue weighted by atomic mass is 16.6. The van der Waals surface area contributed by atoms with E-state index in [4.69, 9.17) is 9.47 Å². The molecule has 9 nitrogen and oxygen atoms in total. The van der Waals surface area contributed by atoms with E-state index in [1.807, 2.05) is 30.3 Å². The molecule has 1 aromatic carbocycles. The van der Waals surface area contributed by atoms with Gasteiger partial charge in [-0.2, -0.15) is 0 Å². The number of esters is 1. The van der Waals surface area contributed by atoms with Crippen molar-refractivity contribution < 1.29 is 28.7 Å². The van der Waals surface area contributed by atoms with E-state index in [0.717, 1.165) is 5.56 Å². The summed E-state index contributed by atoms with van der Waals surface area (Å²) in [6.07, 6.45) is 0.948. The molecule has 0 heterocycles. The van der Waals surface area contributed by atoms with Gasteiger partial charge in [0.25, 0.3) is 0 Å². The van der Waals surface area contributed by atoms with Crippen LogP contribution in [0.15, 0.2) is 30.3 Å². The van der Waals surface area contributed by atoms with Crippen molar-refractivity contribution in [1.82, 2.24) is 16.0 Å². The number of alkyl carbamates (subject to hydrolysis) is 1. The SMILES string of the molecule is CC(=O)NCCCC[C@H](NC(=O)OC(C)(C)C)C(=O)NCCC(=O)OCc1ccccc1. The molecule has 0 aliphatic carbocycles. The molecular weight excluding hydrogens is 414 g/mol. The molecule has 0 saturated heterocycles. The fourth-order valence-electron chi connectivity index (χ4n) is 2.68. The number of unbranched alkanes of at least 4 members (excludes halogenated alkanes) is 1. The third-order valence-corrected chi connectivity index (χ3v) is 4.17. The molecular formula is C23H35N3O6. The van der Waals surface area contributed by atoms with E-state index >= 15 is 0 Å². The Bertz CT molecular complexity index is 746. The molecule has 9 heteroatoms. The Balaban J connectivity index is 2.46. The molecule has 32 heavy (non-hydrogen) atoms. The molecule has 3 amide bonds. The molecule has 0 bridgehead atoms. The molecule has 0 spiro atoms. The first-order valence-corrected chi connectivity index (χ1v) is 10.8. The van der Waals surface area contributed by atoms with Crippen molar-refractivity contribution in [2.75, 3.05) is 13.1 Å². The molecule has 0 fully saturated rings. The van der Waals surface area contributed by atoms with Gasteiger partial charge in [-0.1, -0.05) is 30.3 Å². The summed E-state index contributed by atoms with van der Waals surface area (Å²) >= 11 is 0. The zero-order chi connectivity index (χ0) is 24.0. The third kappa shape index (κ3) is 13.3. The van der Waals surface area contributed by atoms with Gasteiger partial charge < -0.3 is 25.4 Å². The quantitative estimate of drug-likeness (QED) is 0.333. The lowest BCUT2D eigenvalue weighted by atomic mass is 10.1. The summed E-state index contributed by atoms with van der Waals surface area (Å²) in [7, 11) is 0. The molecule has 1 aromatic rings. The maximum atomic E-state index is 12.6. The second-order valence-corrected chi connectivity index (χ2v) is 8.36. The lowest BCUT2D eigenvalue weighted by Gasteiger charge is -2.23. The summed E-state index contributed by atoms with van der Waals surface area (Å²) < 4.78 is 10.4. The zero-order valence-corrected chi connectivity index (χ0v) is 19.4. The number of ether oxygens (including phenoxy) is 2. The van der Waals surface area contributed by atoms with Crippen molar-refractivity contribution >= 4 is 23.9 Å². The number of hydrogen-bond donors (Lipinski definition) is 3. The van der Waals surface area contributed by atoms with Crippen LogP contribution in [-0.2, 0) is 30.5 Å². The van der Waals surface area contributed by atoms with E-state index in [1.54, 1.807) is 20.8 Å². The summed E-state index contributed by atoms with van der Waals surface area (Å²) in [6.45, 7) is 7.38. The van der Waals surface area contributed by atoms with E-state index in [1.165, 1.54) is 6.92 Å². The Labute approximate surface area is 189 Å². The largest absolute Gasteiger partial charge is 0.461 e. The zero-order valence-electron chi connectivity index (χ0n) is 19.4. The predicted molar refractivity (Wildman–Crippen MR) is 120 cm³/mol. The topological polar surface area (TPSA) is 123 Å². The van der Waals surface area contributed by atoms with Crippen LogP contribution in [0.4, 0.5) is 4.79 Å². The molecule has 0 radical (unpaired) electrons. The highest BCUT2D eigenvalue weighted by molar-refractivity contribution is 5.86. The number of amides is 3. The van der Waals surface area contributed by atoms with Crippen LogP contribution in [0.3, 0.4) is 0 Å². The average Bonchev–Trinajstić information content (AvgIpc) is 2.70. The molecule has 3 N–H and O–H groups in total. The fraction of sp³-hybridized carbons (Fsp3) is 0.565. The first-order valence-electron chi connectivity index (χ1n) is 10.8. The molecule has 1 atom stereocenters. The van der Waals surface area contributed by atoms with Gasteiger partial charge in [0.05, 0.1) is 6.42 Å². The number of hydrogen-bond acceptors (Lipinski definition) is 6. The van der Waals surface area contributed by atoms with E-state index in [9.17, 15) is 19.2 Å². The fourth-order valence-corrected chi connectivity index (χ4v) is 2.68. The van der Waals surface area contributed by atoms with Gasteiger partial charge in [-0.05, 0) is 45.6 Å². The van der Waals surface area contributed by atoms with Crippen LogP contribution in [0.1, 0.15) is 58.9 Å². The number of rotatable bonds is 12. The van der Waals surface area contributed by atoms with Gasteiger partial charge >= 0.3 is 12.1 Å².